The molecule has 2 N–H and O–H groups in total. The molecule has 1 aliphatic carbocycles. The number of benzene rings is 1. The second-order valence-corrected chi connectivity index (χ2v) is 5.98. The molecule has 1 aromatic rings. The molecular weight excluding hydrogens is 324 g/mol. The standard InChI is InChI=1S/C18H24N2O5/c1-24-15-9-5-2-6-13(15)10-11-17(22)25-12-16(21)20-18(23)19-14-7-3-4-8-14/h2,5-6,9,14H,3-4,7-8,10-12H2,1H3,(H2,19,20,21,23). The maximum atomic E-state index is 11.7. The zero-order chi connectivity index (χ0) is 18.1. The molecule has 0 spiro atoms. The van der Waals surface area contributed by atoms with Crippen LogP contribution >= 0.6 is 0 Å². The second kappa shape index (κ2) is 9.66. The van der Waals surface area contributed by atoms with Gasteiger partial charge in [-0.05, 0) is 30.9 Å². The number of imide groups is 1. The van der Waals surface area contributed by atoms with Gasteiger partial charge in [-0.15, -0.1) is 0 Å². The zero-order valence-electron chi connectivity index (χ0n) is 14.4. The third-order valence-electron chi connectivity index (χ3n) is 4.10. The molecule has 0 radical (unpaired) electrons. The molecule has 2 rings (SSSR count). The molecule has 3 amide bonds. The normalized spacial score (nSPS) is 14.0. The molecule has 0 bridgehead atoms. The van der Waals surface area contributed by atoms with E-state index in [9.17, 15) is 14.4 Å². The molecule has 136 valence electrons. The Bertz CT molecular complexity index is 611. The highest BCUT2D eigenvalue weighted by atomic mass is 16.5. The summed E-state index contributed by atoms with van der Waals surface area (Å²) in [6, 6.07) is 6.97. The van der Waals surface area contributed by atoms with E-state index in [0.29, 0.717) is 12.2 Å². The third-order valence-corrected chi connectivity index (χ3v) is 4.10. The summed E-state index contributed by atoms with van der Waals surface area (Å²) in [5.74, 6) is -0.435. The van der Waals surface area contributed by atoms with E-state index in [-0.39, 0.29) is 12.5 Å². The van der Waals surface area contributed by atoms with E-state index in [4.69, 9.17) is 9.47 Å². The van der Waals surface area contributed by atoms with Crippen molar-refractivity contribution in [3.05, 3.63) is 29.8 Å². The van der Waals surface area contributed by atoms with E-state index < -0.39 is 24.5 Å². The highest BCUT2D eigenvalue weighted by molar-refractivity contribution is 5.95. The van der Waals surface area contributed by atoms with E-state index in [0.717, 1.165) is 31.2 Å². The molecule has 1 saturated carbocycles. The van der Waals surface area contributed by atoms with Crippen LogP contribution in [0.4, 0.5) is 4.79 Å². The molecule has 7 nitrogen and oxygen atoms in total. The molecule has 1 aliphatic rings. The first-order chi connectivity index (χ1) is 12.1. The van der Waals surface area contributed by atoms with Crippen LogP contribution in [0.2, 0.25) is 0 Å². The van der Waals surface area contributed by atoms with Gasteiger partial charge < -0.3 is 14.8 Å². The molecule has 1 aromatic carbocycles. The number of hydrogen-bond acceptors (Lipinski definition) is 5. The zero-order valence-corrected chi connectivity index (χ0v) is 14.4. The van der Waals surface area contributed by atoms with Gasteiger partial charge in [0.25, 0.3) is 5.91 Å². The molecule has 7 heteroatoms. The molecule has 0 aliphatic heterocycles. The lowest BCUT2D eigenvalue weighted by molar-refractivity contribution is -0.148. The van der Waals surface area contributed by atoms with Gasteiger partial charge in [0, 0.05) is 12.5 Å². The lowest BCUT2D eigenvalue weighted by Crippen LogP contribution is -2.45. The lowest BCUT2D eigenvalue weighted by Gasteiger charge is -2.12. The van der Waals surface area contributed by atoms with Crippen LogP contribution in [0.1, 0.15) is 37.7 Å². The summed E-state index contributed by atoms with van der Waals surface area (Å²) >= 11 is 0. The second-order valence-electron chi connectivity index (χ2n) is 5.98. The third kappa shape index (κ3) is 6.45. The predicted molar refractivity (Wildman–Crippen MR) is 91.2 cm³/mol. The van der Waals surface area contributed by atoms with Gasteiger partial charge in [0.05, 0.1) is 7.11 Å². The van der Waals surface area contributed by atoms with Crippen LogP contribution in [0, 0.1) is 0 Å². The Labute approximate surface area is 147 Å². The lowest BCUT2D eigenvalue weighted by atomic mass is 10.1. The number of carbonyl (C=O) groups is 3. The van der Waals surface area contributed by atoms with Crippen molar-refractivity contribution < 1.29 is 23.9 Å². The fourth-order valence-electron chi connectivity index (χ4n) is 2.82. The summed E-state index contributed by atoms with van der Waals surface area (Å²) in [4.78, 5) is 35.0. The first-order valence-electron chi connectivity index (χ1n) is 8.46. The van der Waals surface area contributed by atoms with Gasteiger partial charge in [0.15, 0.2) is 6.61 Å². The largest absolute Gasteiger partial charge is 0.496 e. The molecular formula is C18H24N2O5. The number of nitrogens with one attached hydrogen (secondary N) is 2. The summed E-state index contributed by atoms with van der Waals surface area (Å²) in [7, 11) is 1.57. The summed E-state index contributed by atoms with van der Waals surface area (Å²) in [6.07, 6.45) is 4.61. The van der Waals surface area contributed by atoms with Crippen molar-refractivity contribution in [2.24, 2.45) is 0 Å². The molecule has 1 fully saturated rings. The quantitative estimate of drug-likeness (QED) is 0.735. The van der Waals surface area contributed by atoms with Crippen LogP contribution in [0.15, 0.2) is 24.3 Å². The first kappa shape index (κ1) is 18.8. The number of aryl methyl sites for hydroxylation is 1. The van der Waals surface area contributed by atoms with Crippen LogP contribution in [-0.2, 0) is 20.7 Å². The van der Waals surface area contributed by atoms with Gasteiger partial charge in [-0.2, -0.15) is 0 Å². The van der Waals surface area contributed by atoms with E-state index >= 15 is 0 Å². The van der Waals surface area contributed by atoms with Gasteiger partial charge in [-0.25, -0.2) is 4.79 Å². The van der Waals surface area contributed by atoms with Gasteiger partial charge >= 0.3 is 12.0 Å². The van der Waals surface area contributed by atoms with Crippen LogP contribution < -0.4 is 15.4 Å². The van der Waals surface area contributed by atoms with E-state index in [1.807, 2.05) is 24.3 Å². The number of amides is 3. The number of carbonyl (C=O) groups excluding carboxylic acids is 3. The Morgan fingerprint density at radius 2 is 1.88 bits per heavy atom. The monoisotopic (exact) mass is 348 g/mol. The summed E-state index contributed by atoms with van der Waals surface area (Å²) in [6.45, 7) is -0.469. The maximum Gasteiger partial charge on any atom is 0.321 e. The number of urea groups is 1. The van der Waals surface area contributed by atoms with Gasteiger partial charge in [0.2, 0.25) is 0 Å². The van der Waals surface area contributed by atoms with Crippen molar-refractivity contribution in [1.29, 1.82) is 0 Å². The topological polar surface area (TPSA) is 93.7 Å². The molecule has 0 saturated heterocycles. The number of methoxy groups -OCH3 is 1. The number of esters is 1. The SMILES string of the molecule is COc1ccccc1CCC(=O)OCC(=O)NC(=O)NC1CCCC1. The average molecular weight is 348 g/mol. The highest BCUT2D eigenvalue weighted by Crippen LogP contribution is 2.19. The average Bonchev–Trinajstić information content (AvgIpc) is 3.11. The number of rotatable bonds is 7. The molecule has 0 heterocycles. The van der Waals surface area contributed by atoms with Crippen molar-refractivity contribution in [3.63, 3.8) is 0 Å². The van der Waals surface area contributed by atoms with Crippen molar-refractivity contribution >= 4 is 17.9 Å². The fraction of sp³-hybridized carbons (Fsp3) is 0.500. The Morgan fingerprint density at radius 3 is 2.60 bits per heavy atom. The smallest absolute Gasteiger partial charge is 0.321 e. The van der Waals surface area contributed by atoms with Crippen LogP contribution in [0.25, 0.3) is 0 Å². The number of hydrogen-bond donors (Lipinski definition) is 2. The van der Waals surface area contributed by atoms with Gasteiger partial charge in [-0.1, -0.05) is 31.0 Å². The Balaban J connectivity index is 1.65. The Kier molecular flexibility index (Phi) is 7.25. The Hall–Kier alpha value is -2.57. The van der Waals surface area contributed by atoms with Crippen LogP contribution in [-0.4, -0.2) is 37.7 Å². The Morgan fingerprint density at radius 1 is 1.16 bits per heavy atom. The van der Waals surface area contributed by atoms with Crippen LogP contribution in [0.5, 0.6) is 5.75 Å². The minimum atomic E-state index is -0.638. The minimum Gasteiger partial charge on any atom is -0.496 e. The van der Waals surface area contributed by atoms with E-state index in [2.05, 4.69) is 10.6 Å². The van der Waals surface area contributed by atoms with Crippen molar-refractivity contribution in [1.82, 2.24) is 10.6 Å². The fourth-order valence-corrected chi connectivity index (χ4v) is 2.82. The molecule has 25 heavy (non-hydrogen) atoms. The van der Waals surface area contributed by atoms with Crippen LogP contribution in [0.3, 0.4) is 0 Å². The predicted octanol–water partition coefficient (Wildman–Crippen LogP) is 1.94. The van der Waals surface area contributed by atoms with Gasteiger partial charge in [-0.3, -0.25) is 14.9 Å². The summed E-state index contributed by atoms with van der Waals surface area (Å²) < 4.78 is 10.1. The minimum absolute atomic E-state index is 0.121. The number of ether oxygens (including phenoxy) is 2. The van der Waals surface area contributed by atoms with Crippen molar-refractivity contribution in [3.8, 4) is 5.75 Å². The summed E-state index contributed by atoms with van der Waals surface area (Å²) in [5, 5.41) is 4.90. The van der Waals surface area contributed by atoms with Crippen molar-refractivity contribution in [2.75, 3.05) is 13.7 Å². The molecule has 0 atom stereocenters. The van der Waals surface area contributed by atoms with E-state index in [1.54, 1.807) is 7.11 Å². The maximum absolute atomic E-state index is 11.7. The van der Waals surface area contributed by atoms with Gasteiger partial charge in [0.1, 0.15) is 5.75 Å². The first-order valence-corrected chi connectivity index (χ1v) is 8.46. The van der Waals surface area contributed by atoms with Crippen molar-refractivity contribution in [2.45, 2.75) is 44.6 Å². The molecule has 0 unspecified atom stereocenters. The number of para-hydroxylation sites is 1. The molecule has 0 aromatic heterocycles. The summed E-state index contributed by atoms with van der Waals surface area (Å²) in [5.41, 5.74) is 0.891. The van der Waals surface area contributed by atoms with E-state index in [1.165, 1.54) is 0 Å². The highest BCUT2D eigenvalue weighted by Gasteiger charge is 2.18.